The minimum Gasteiger partial charge on any atom is -0.381 e. The fourth-order valence-corrected chi connectivity index (χ4v) is 4.52. The Morgan fingerprint density at radius 2 is 2.07 bits per heavy atom. The van der Waals surface area contributed by atoms with Crippen LogP contribution in [0.1, 0.15) is 43.2 Å². The van der Waals surface area contributed by atoms with E-state index in [-0.39, 0.29) is 22.9 Å². The molecule has 0 atom stereocenters. The Kier molecular flexibility index (Phi) is 5.88. The van der Waals surface area contributed by atoms with E-state index in [9.17, 15) is 13.2 Å². The second kappa shape index (κ2) is 8.43. The van der Waals surface area contributed by atoms with Gasteiger partial charge in [0.1, 0.15) is 17.5 Å². The Bertz CT molecular complexity index is 994. The Labute approximate surface area is 177 Å². The molecular weight excluding hydrogens is 417 g/mol. The molecule has 0 amide bonds. The van der Waals surface area contributed by atoms with Crippen LogP contribution in [0.25, 0.3) is 0 Å². The number of benzene rings is 1. The molecule has 0 aliphatic carbocycles. The monoisotopic (exact) mass is 437 g/mol. The van der Waals surface area contributed by atoms with Crippen LogP contribution in [0.15, 0.2) is 44.7 Å². The molecule has 158 valence electrons. The van der Waals surface area contributed by atoms with Crippen molar-refractivity contribution in [3.05, 3.63) is 46.7 Å². The van der Waals surface area contributed by atoms with Gasteiger partial charge in [0.25, 0.3) is 17.7 Å². The topological polar surface area (TPSA) is 49.3 Å². The van der Waals surface area contributed by atoms with Crippen molar-refractivity contribution in [2.45, 2.75) is 37.6 Å². The summed E-state index contributed by atoms with van der Waals surface area (Å²) < 4.78 is 48.1. The molecule has 0 aromatic heterocycles. The van der Waals surface area contributed by atoms with Crippen molar-refractivity contribution in [3.63, 3.8) is 0 Å². The van der Waals surface area contributed by atoms with Crippen LogP contribution in [0.2, 0.25) is 0 Å². The van der Waals surface area contributed by atoms with Crippen LogP contribution in [0.3, 0.4) is 0 Å². The molecule has 0 unspecified atom stereocenters. The van der Waals surface area contributed by atoms with Gasteiger partial charge in [0.2, 0.25) is 11.5 Å². The number of ether oxygens (including phenoxy) is 1. The summed E-state index contributed by atoms with van der Waals surface area (Å²) in [6.07, 6.45) is 1.58. The Hall–Kier alpha value is -2.32. The van der Waals surface area contributed by atoms with Crippen LogP contribution in [0.5, 0.6) is 0 Å². The summed E-state index contributed by atoms with van der Waals surface area (Å²) in [6, 6.07) is 3.91. The van der Waals surface area contributed by atoms with Gasteiger partial charge in [-0.1, -0.05) is 18.2 Å². The molecule has 0 saturated carbocycles. The fraction of sp³-hybridized carbons (Fsp3) is 0.429. The van der Waals surface area contributed by atoms with E-state index in [2.05, 4.69) is 26.3 Å². The number of fused-ring (bicyclic) bond motifs is 2. The third-order valence-electron chi connectivity index (χ3n) is 5.83. The predicted octanol–water partition coefficient (Wildman–Crippen LogP) is 4.50. The summed E-state index contributed by atoms with van der Waals surface area (Å²) in [6.45, 7) is 4.95. The van der Waals surface area contributed by atoms with Gasteiger partial charge < -0.3 is 4.74 Å². The SMILES string of the molecule is C=NC(/N=C/c1cccc(C(F)F)c1F)=C1\C(=N/CCl)CCC2=[N+]1C21CCOCC1. The molecule has 0 N–H and O–H groups in total. The second-order valence-electron chi connectivity index (χ2n) is 7.29. The molecule has 0 radical (unpaired) electrons. The number of halogens is 4. The molecule has 3 aliphatic rings. The van der Waals surface area contributed by atoms with Crippen molar-refractivity contribution in [2.75, 3.05) is 19.2 Å². The first-order chi connectivity index (χ1) is 14.5. The van der Waals surface area contributed by atoms with E-state index in [4.69, 9.17) is 16.3 Å². The molecule has 1 fully saturated rings. The number of rotatable bonds is 5. The normalized spacial score (nSPS) is 23.4. The molecule has 1 aromatic rings. The maximum atomic E-state index is 14.4. The van der Waals surface area contributed by atoms with E-state index in [1.807, 2.05) is 0 Å². The van der Waals surface area contributed by atoms with E-state index in [0.29, 0.717) is 25.3 Å². The zero-order chi connectivity index (χ0) is 21.3. The molecule has 1 spiro atoms. The lowest BCUT2D eigenvalue weighted by atomic mass is 9.92. The predicted molar refractivity (Wildman–Crippen MR) is 111 cm³/mol. The van der Waals surface area contributed by atoms with Crippen LogP contribution in [0.4, 0.5) is 13.2 Å². The molecular formula is C21H21ClF3N4O+. The van der Waals surface area contributed by atoms with Crippen LogP contribution in [-0.2, 0) is 4.74 Å². The van der Waals surface area contributed by atoms with Gasteiger partial charge in [0.15, 0.2) is 0 Å². The van der Waals surface area contributed by atoms with Crippen molar-refractivity contribution in [3.8, 4) is 0 Å². The number of allylic oxidation sites excluding steroid dienone is 1. The number of nitrogens with zero attached hydrogens (tertiary/aromatic N) is 4. The van der Waals surface area contributed by atoms with Gasteiger partial charge in [-0.2, -0.15) is 4.58 Å². The van der Waals surface area contributed by atoms with E-state index < -0.39 is 17.8 Å². The maximum Gasteiger partial charge on any atom is 0.272 e. The maximum absolute atomic E-state index is 14.4. The van der Waals surface area contributed by atoms with Gasteiger partial charge in [0.05, 0.1) is 18.8 Å². The van der Waals surface area contributed by atoms with E-state index in [0.717, 1.165) is 31.0 Å². The van der Waals surface area contributed by atoms with Crippen molar-refractivity contribution in [2.24, 2.45) is 15.0 Å². The highest BCUT2D eigenvalue weighted by Gasteiger charge is 2.69. The number of hydrogen-bond donors (Lipinski definition) is 0. The van der Waals surface area contributed by atoms with E-state index >= 15 is 0 Å². The van der Waals surface area contributed by atoms with Crippen molar-refractivity contribution in [1.29, 1.82) is 0 Å². The molecule has 3 aliphatic heterocycles. The molecule has 1 saturated heterocycles. The zero-order valence-corrected chi connectivity index (χ0v) is 17.0. The Balaban J connectivity index is 1.75. The van der Waals surface area contributed by atoms with Gasteiger partial charge in [0, 0.05) is 37.5 Å². The summed E-state index contributed by atoms with van der Waals surface area (Å²) >= 11 is 5.87. The van der Waals surface area contributed by atoms with Crippen LogP contribution in [-0.4, -0.2) is 53.7 Å². The molecule has 3 heterocycles. The van der Waals surface area contributed by atoms with Gasteiger partial charge in [-0.3, -0.25) is 4.99 Å². The summed E-state index contributed by atoms with van der Waals surface area (Å²) in [4.78, 5) is 12.8. The highest BCUT2D eigenvalue weighted by Crippen LogP contribution is 2.46. The minimum atomic E-state index is -2.90. The number of aliphatic imine (C=N–C) groups is 3. The van der Waals surface area contributed by atoms with Crippen LogP contribution < -0.4 is 0 Å². The zero-order valence-electron chi connectivity index (χ0n) is 16.3. The number of hydrogen-bond acceptors (Lipinski definition) is 4. The van der Waals surface area contributed by atoms with Crippen molar-refractivity contribution >= 4 is 36.0 Å². The van der Waals surface area contributed by atoms with Crippen molar-refractivity contribution < 1.29 is 22.5 Å². The molecule has 5 nitrogen and oxygen atoms in total. The third kappa shape index (κ3) is 3.52. The molecule has 0 bridgehead atoms. The van der Waals surface area contributed by atoms with Gasteiger partial charge >= 0.3 is 0 Å². The summed E-state index contributed by atoms with van der Waals surface area (Å²) in [5, 5.41) is 0. The van der Waals surface area contributed by atoms with Crippen molar-refractivity contribution in [1.82, 2.24) is 0 Å². The highest BCUT2D eigenvalue weighted by molar-refractivity contribution is 6.19. The van der Waals surface area contributed by atoms with E-state index in [1.165, 1.54) is 24.1 Å². The highest BCUT2D eigenvalue weighted by atomic mass is 35.5. The van der Waals surface area contributed by atoms with Gasteiger partial charge in [-0.05, 0) is 6.72 Å². The summed E-state index contributed by atoms with van der Waals surface area (Å²) in [5.41, 5.74) is 1.95. The Morgan fingerprint density at radius 1 is 1.30 bits per heavy atom. The lowest BCUT2D eigenvalue weighted by Crippen LogP contribution is -2.32. The minimum absolute atomic E-state index is 0.0445. The second-order valence-corrected chi connectivity index (χ2v) is 7.53. The first kappa shape index (κ1) is 20.9. The summed E-state index contributed by atoms with van der Waals surface area (Å²) in [5.74, 6) is -0.732. The number of alkyl halides is 3. The van der Waals surface area contributed by atoms with Crippen LogP contribution >= 0.6 is 11.6 Å². The van der Waals surface area contributed by atoms with E-state index in [1.54, 1.807) is 0 Å². The Morgan fingerprint density at radius 3 is 2.73 bits per heavy atom. The summed E-state index contributed by atoms with van der Waals surface area (Å²) in [7, 11) is 0. The third-order valence-corrected chi connectivity index (χ3v) is 5.95. The first-order valence-electron chi connectivity index (χ1n) is 9.69. The standard InChI is InChI=1S/C21H21ClF3N4O/c1-26-20(27-11-13-3-2-4-14(17(13)23)19(24)25)18-15(28-12-22)5-6-16-21(29(16)18)7-9-30-10-8-21/h2-4,11,19H,1,5-10,12H2/q+1/b20-18-,27-11+,28-15-. The molecule has 9 heteroatoms. The average molecular weight is 438 g/mol. The smallest absolute Gasteiger partial charge is 0.272 e. The van der Waals surface area contributed by atoms with Gasteiger partial charge in [-0.15, -0.1) is 11.6 Å². The quantitative estimate of drug-likeness (QED) is 0.289. The molecule has 1 aromatic carbocycles. The van der Waals surface area contributed by atoms with Crippen LogP contribution in [0, 0.1) is 5.82 Å². The average Bonchev–Trinajstić information content (AvgIpc) is 3.36. The largest absolute Gasteiger partial charge is 0.381 e. The molecule has 4 rings (SSSR count). The van der Waals surface area contributed by atoms with Gasteiger partial charge in [-0.25, -0.2) is 23.2 Å². The fourth-order valence-electron chi connectivity index (χ4n) is 4.37. The first-order valence-corrected chi connectivity index (χ1v) is 10.2. The lowest BCUT2D eigenvalue weighted by molar-refractivity contribution is -0.456. The lowest BCUT2D eigenvalue weighted by Gasteiger charge is -2.17. The molecule has 30 heavy (non-hydrogen) atoms.